The van der Waals surface area contributed by atoms with E-state index in [0.717, 1.165) is 0 Å². The average molecular weight is 378 g/mol. The predicted octanol–water partition coefficient (Wildman–Crippen LogP) is -0.323. The van der Waals surface area contributed by atoms with Crippen LogP contribution in [0.1, 0.15) is 6.92 Å². The Morgan fingerprint density at radius 3 is 2.69 bits per heavy atom. The Morgan fingerprint density at radius 2 is 2.04 bits per heavy atom. The van der Waals surface area contributed by atoms with Crippen LogP contribution in [0.4, 0.5) is 5.82 Å². The van der Waals surface area contributed by atoms with E-state index < -0.39 is 10.0 Å². The monoisotopic (exact) mass is 378 g/mol. The number of rotatable bonds is 4. The molecule has 0 saturated carbocycles. The maximum absolute atomic E-state index is 13.2. The van der Waals surface area contributed by atoms with Gasteiger partial charge in [-0.1, -0.05) is 0 Å². The SMILES string of the molecule is CCn1c(-c2nonc2N)nc2cncc(S(=O)(=O)N3CCNCC3)c21. The molecule has 3 N–H and O–H groups in total. The van der Waals surface area contributed by atoms with Gasteiger partial charge in [0.2, 0.25) is 10.0 Å². The number of fused-ring (bicyclic) bond motifs is 1. The third-order valence-corrected chi connectivity index (χ3v) is 6.25. The molecule has 138 valence electrons. The van der Waals surface area contributed by atoms with Crippen LogP contribution in [0.15, 0.2) is 21.9 Å². The molecule has 0 aliphatic carbocycles. The van der Waals surface area contributed by atoms with E-state index in [0.29, 0.717) is 49.6 Å². The molecule has 11 nitrogen and oxygen atoms in total. The van der Waals surface area contributed by atoms with Gasteiger partial charge in [-0.05, 0) is 17.2 Å². The van der Waals surface area contributed by atoms with Crippen molar-refractivity contribution in [1.82, 2.24) is 34.5 Å². The molecule has 1 aliphatic rings. The maximum Gasteiger partial charge on any atom is 0.246 e. The van der Waals surface area contributed by atoms with E-state index in [4.69, 9.17) is 5.73 Å². The van der Waals surface area contributed by atoms with E-state index in [9.17, 15) is 8.42 Å². The van der Waals surface area contributed by atoms with Gasteiger partial charge in [-0.3, -0.25) is 4.98 Å². The fourth-order valence-electron chi connectivity index (χ4n) is 3.11. The molecule has 3 aromatic rings. The summed E-state index contributed by atoms with van der Waals surface area (Å²) in [6, 6.07) is 0. The first kappa shape index (κ1) is 16.9. The molecule has 0 atom stereocenters. The average Bonchev–Trinajstić information content (AvgIpc) is 3.24. The molecule has 4 heterocycles. The first-order chi connectivity index (χ1) is 12.5. The Morgan fingerprint density at radius 1 is 1.27 bits per heavy atom. The van der Waals surface area contributed by atoms with Gasteiger partial charge in [-0.2, -0.15) is 4.31 Å². The van der Waals surface area contributed by atoms with Crippen molar-refractivity contribution in [3.05, 3.63) is 12.4 Å². The summed E-state index contributed by atoms with van der Waals surface area (Å²) >= 11 is 0. The van der Waals surface area contributed by atoms with E-state index in [1.807, 2.05) is 6.92 Å². The Labute approximate surface area is 149 Å². The molecular formula is C14H18N8O3S. The lowest BCUT2D eigenvalue weighted by atomic mass is 10.4. The molecule has 12 heteroatoms. The first-order valence-electron chi connectivity index (χ1n) is 8.17. The van der Waals surface area contributed by atoms with E-state index in [1.54, 1.807) is 4.57 Å². The van der Waals surface area contributed by atoms with Crippen LogP contribution in [-0.4, -0.2) is 63.8 Å². The lowest BCUT2D eigenvalue weighted by molar-refractivity contribution is 0.310. The van der Waals surface area contributed by atoms with Crippen molar-refractivity contribution in [2.75, 3.05) is 31.9 Å². The second-order valence-electron chi connectivity index (χ2n) is 5.84. The van der Waals surface area contributed by atoms with Crippen LogP contribution in [0.25, 0.3) is 22.6 Å². The molecule has 1 fully saturated rings. The van der Waals surface area contributed by atoms with Gasteiger partial charge in [0.15, 0.2) is 17.3 Å². The van der Waals surface area contributed by atoms with Crippen LogP contribution in [-0.2, 0) is 16.6 Å². The molecular weight excluding hydrogens is 360 g/mol. The summed E-state index contributed by atoms with van der Waals surface area (Å²) in [6.45, 7) is 4.39. The number of anilines is 1. The quantitative estimate of drug-likeness (QED) is 0.623. The Bertz CT molecular complexity index is 1050. The van der Waals surface area contributed by atoms with E-state index >= 15 is 0 Å². The van der Waals surface area contributed by atoms with Crippen LogP contribution < -0.4 is 11.1 Å². The lowest BCUT2D eigenvalue weighted by Crippen LogP contribution is -2.46. The summed E-state index contributed by atoms with van der Waals surface area (Å²) in [5, 5.41) is 10.5. The highest BCUT2D eigenvalue weighted by atomic mass is 32.2. The molecule has 26 heavy (non-hydrogen) atoms. The van der Waals surface area contributed by atoms with Crippen LogP contribution in [0.5, 0.6) is 0 Å². The number of nitrogen functional groups attached to an aromatic ring is 1. The second kappa shape index (κ2) is 6.30. The molecule has 3 aromatic heterocycles. The summed E-state index contributed by atoms with van der Waals surface area (Å²) in [5.74, 6) is 0.487. The highest BCUT2D eigenvalue weighted by molar-refractivity contribution is 7.89. The van der Waals surface area contributed by atoms with E-state index in [-0.39, 0.29) is 16.4 Å². The van der Waals surface area contributed by atoms with Gasteiger partial charge in [0.25, 0.3) is 0 Å². The van der Waals surface area contributed by atoms with Crippen molar-refractivity contribution < 1.29 is 13.0 Å². The van der Waals surface area contributed by atoms with Crippen LogP contribution in [0.2, 0.25) is 0 Å². The standard InChI is InChI=1S/C14H18N8O3S/c1-2-22-12-9(18-14(22)11-13(15)20-25-19-11)7-17-8-10(12)26(23,24)21-5-3-16-4-6-21/h7-8,16H,2-6H2,1H3,(H2,15,20). The zero-order valence-electron chi connectivity index (χ0n) is 14.1. The molecule has 0 bridgehead atoms. The summed E-state index contributed by atoms with van der Waals surface area (Å²) in [6.07, 6.45) is 2.88. The van der Waals surface area contributed by atoms with Crippen molar-refractivity contribution in [2.24, 2.45) is 0 Å². The molecule has 4 rings (SSSR count). The van der Waals surface area contributed by atoms with Crippen molar-refractivity contribution in [2.45, 2.75) is 18.4 Å². The van der Waals surface area contributed by atoms with Gasteiger partial charge >= 0.3 is 0 Å². The zero-order valence-corrected chi connectivity index (χ0v) is 14.9. The van der Waals surface area contributed by atoms with Crippen LogP contribution in [0.3, 0.4) is 0 Å². The van der Waals surface area contributed by atoms with E-state index in [1.165, 1.54) is 16.7 Å². The van der Waals surface area contributed by atoms with Gasteiger partial charge in [0.05, 0.1) is 11.7 Å². The maximum atomic E-state index is 13.2. The number of aromatic nitrogens is 5. The largest absolute Gasteiger partial charge is 0.379 e. The molecule has 1 aliphatic heterocycles. The molecule has 1 saturated heterocycles. The number of pyridine rings is 1. The van der Waals surface area contributed by atoms with Gasteiger partial charge in [-0.25, -0.2) is 18.0 Å². The third-order valence-electron chi connectivity index (χ3n) is 4.35. The zero-order chi connectivity index (χ0) is 18.3. The van der Waals surface area contributed by atoms with Gasteiger partial charge in [0.1, 0.15) is 10.4 Å². The van der Waals surface area contributed by atoms with Crippen LogP contribution in [0, 0.1) is 0 Å². The number of nitrogens with two attached hydrogens (primary N) is 1. The number of imidazole rings is 1. The first-order valence-corrected chi connectivity index (χ1v) is 9.61. The molecule has 0 amide bonds. The highest BCUT2D eigenvalue weighted by Crippen LogP contribution is 2.31. The summed E-state index contributed by atoms with van der Waals surface area (Å²) in [7, 11) is -3.71. The molecule has 0 unspecified atom stereocenters. The van der Waals surface area contributed by atoms with Crippen molar-refractivity contribution in [3.63, 3.8) is 0 Å². The number of aryl methyl sites for hydroxylation is 1. The molecule has 0 spiro atoms. The summed E-state index contributed by atoms with van der Waals surface area (Å²) in [5.41, 5.74) is 6.98. The minimum Gasteiger partial charge on any atom is -0.379 e. The van der Waals surface area contributed by atoms with Gasteiger partial charge < -0.3 is 15.6 Å². The normalized spacial score (nSPS) is 16.3. The third kappa shape index (κ3) is 2.53. The smallest absolute Gasteiger partial charge is 0.246 e. The number of sulfonamides is 1. The Kier molecular flexibility index (Phi) is 4.09. The number of hydrogen-bond donors (Lipinski definition) is 2. The fraction of sp³-hybridized carbons (Fsp3) is 0.429. The number of nitrogens with one attached hydrogen (secondary N) is 1. The van der Waals surface area contributed by atoms with Crippen molar-refractivity contribution >= 4 is 26.9 Å². The van der Waals surface area contributed by atoms with Crippen molar-refractivity contribution in [1.29, 1.82) is 0 Å². The van der Waals surface area contributed by atoms with Gasteiger partial charge in [-0.15, -0.1) is 0 Å². The minimum atomic E-state index is -3.71. The summed E-state index contributed by atoms with van der Waals surface area (Å²) in [4.78, 5) is 8.67. The number of hydrogen-bond acceptors (Lipinski definition) is 9. The topological polar surface area (TPSA) is 145 Å². The summed E-state index contributed by atoms with van der Waals surface area (Å²) < 4.78 is 34.2. The lowest BCUT2D eigenvalue weighted by Gasteiger charge is -2.26. The predicted molar refractivity (Wildman–Crippen MR) is 92.5 cm³/mol. The Balaban J connectivity index is 1.94. The number of nitrogens with zero attached hydrogens (tertiary/aromatic N) is 6. The minimum absolute atomic E-state index is 0.0921. The van der Waals surface area contributed by atoms with Crippen LogP contribution >= 0.6 is 0 Å². The Hall–Kier alpha value is -2.57. The molecule has 0 aromatic carbocycles. The second-order valence-corrected chi connectivity index (χ2v) is 7.74. The van der Waals surface area contributed by atoms with E-state index in [2.05, 4.69) is 30.2 Å². The number of piperazine rings is 1. The molecule has 0 radical (unpaired) electrons. The van der Waals surface area contributed by atoms with Gasteiger partial charge in [0, 0.05) is 38.9 Å². The highest BCUT2D eigenvalue weighted by Gasteiger charge is 2.31. The fourth-order valence-corrected chi connectivity index (χ4v) is 4.70. The van der Waals surface area contributed by atoms with Crippen molar-refractivity contribution in [3.8, 4) is 11.5 Å².